The highest BCUT2D eigenvalue weighted by Gasteiger charge is 2.39. The lowest BCUT2D eigenvalue weighted by Gasteiger charge is -2.20. The van der Waals surface area contributed by atoms with Gasteiger partial charge in [0.05, 0.1) is 0 Å². The van der Waals surface area contributed by atoms with Gasteiger partial charge in [0.1, 0.15) is 6.54 Å². The number of aromatic nitrogens is 4. The fraction of sp³-hybridized carbons (Fsp3) is 0.818. The first-order valence-corrected chi connectivity index (χ1v) is 7.31. The fourth-order valence-electron chi connectivity index (χ4n) is 3.29. The number of hydrogen-bond donors (Lipinski definition) is 1. The average molecular weight is 268 g/mol. The lowest BCUT2D eigenvalue weighted by molar-refractivity contribution is -0.138. The number of carbonyl (C=O) groups is 1. The standard InChI is InChI=1S/C11H16N4O2S/c16-10(17)5-15-11(12-13-14-15)18-6-9-4-7-1-2-8(9)3-7/h7-9H,1-6H2,(H,16,17). The largest absolute Gasteiger partial charge is 0.480 e. The SMILES string of the molecule is O=C(O)Cn1nnnc1SCC1CC2CCC1C2. The van der Waals surface area contributed by atoms with Gasteiger partial charge in [0.2, 0.25) is 5.16 Å². The van der Waals surface area contributed by atoms with E-state index in [1.807, 2.05) is 0 Å². The molecular formula is C11H16N4O2S. The van der Waals surface area contributed by atoms with Crippen LogP contribution in [0, 0.1) is 17.8 Å². The number of aliphatic carboxylic acids is 1. The van der Waals surface area contributed by atoms with Gasteiger partial charge >= 0.3 is 5.97 Å². The molecule has 2 saturated carbocycles. The third-order valence-corrected chi connectivity index (χ3v) is 5.24. The Hall–Kier alpha value is -1.11. The molecule has 0 aliphatic heterocycles. The highest BCUT2D eigenvalue weighted by Crippen LogP contribution is 2.49. The third kappa shape index (κ3) is 2.36. The number of thioether (sulfide) groups is 1. The molecule has 0 amide bonds. The maximum absolute atomic E-state index is 10.7. The molecule has 6 nitrogen and oxygen atoms in total. The Kier molecular flexibility index (Phi) is 3.23. The van der Waals surface area contributed by atoms with Crippen LogP contribution in [-0.2, 0) is 11.3 Å². The molecule has 3 atom stereocenters. The number of fused-ring (bicyclic) bond motifs is 2. The maximum atomic E-state index is 10.7. The summed E-state index contributed by atoms with van der Waals surface area (Å²) >= 11 is 1.60. The minimum atomic E-state index is -0.913. The molecule has 1 N–H and O–H groups in total. The third-order valence-electron chi connectivity index (χ3n) is 4.10. The molecule has 2 aliphatic rings. The average Bonchev–Trinajstić information content (AvgIpc) is 3.01. The zero-order valence-electron chi connectivity index (χ0n) is 10.0. The predicted octanol–water partition coefficient (Wildman–Crippen LogP) is 1.29. The van der Waals surface area contributed by atoms with E-state index in [4.69, 9.17) is 5.11 Å². The monoisotopic (exact) mass is 268 g/mol. The van der Waals surface area contributed by atoms with E-state index in [1.54, 1.807) is 11.8 Å². The maximum Gasteiger partial charge on any atom is 0.325 e. The molecule has 2 aliphatic carbocycles. The molecule has 18 heavy (non-hydrogen) atoms. The molecule has 3 rings (SSSR count). The molecule has 1 aromatic rings. The lowest BCUT2D eigenvalue weighted by Crippen LogP contribution is -2.15. The highest BCUT2D eigenvalue weighted by molar-refractivity contribution is 7.99. The van der Waals surface area contributed by atoms with Gasteiger partial charge in [-0.15, -0.1) is 5.10 Å². The van der Waals surface area contributed by atoms with E-state index < -0.39 is 5.97 Å². The Balaban J connectivity index is 1.57. The Morgan fingerprint density at radius 1 is 1.44 bits per heavy atom. The summed E-state index contributed by atoms with van der Waals surface area (Å²) < 4.78 is 1.36. The Bertz CT molecular complexity index is 450. The lowest BCUT2D eigenvalue weighted by atomic mass is 9.90. The van der Waals surface area contributed by atoms with Gasteiger partial charge in [0, 0.05) is 5.75 Å². The van der Waals surface area contributed by atoms with E-state index in [1.165, 1.54) is 30.4 Å². The molecule has 1 aromatic heterocycles. The molecule has 0 spiro atoms. The molecular weight excluding hydrogens is 252 g/mol. The first kappa shape index (κ1) is 12.0. The van der Waals surface area contributed by atoms with Crippen LogP contribution < -0.4 is 0 Å². The Morgan fingerprint density at radius 3 is 3.00 bits per heavy atom. The second-order valence-electron chi connectivity index (χ2n) is 5.26. The zero-order valence-corrected chi connectivity index (χ0v) is 10.8. The van der Waals surface area contributed by atoms with E-state index in [9.17, 15) is 4.79 Å². The van der Waals surface area contributed by atoms with Crippen molar-refractivity contribution in [1.82, 2.24) is 20.2 Å². The van der Waals surface area contributed by atoms with Crippen molar-refractivity contribution in [3.8, 4) is 0 Å². The van der Waals surface area contributed by atoms with Crippen LogP contribution in [0.15, 0.2) is 5.16 Å². The molecule has 98 valence electrons. The van der Waals surface area contributed by atoms with Gasteiger partial charge in [-0.25, -0.2) is 4.68 Å². The summed E-state index contributed by atoms with van der Waals surface area (Å²) in [5, 5.41) is 20.5. The van der Waals surface area contributed by atoms with Gasteiger partial charge < -0.3 is 5.11 Å². The molecule has 0 radical (unpaired) electrons. The highest BCUT2D eigenvalue weighted by atomic mass is 32.2. The minimum absolute atomic E-state index is 0.161. The van der Waals surface area contributed by atoms with Gasteiger partial charge in [-0.05, 0) is 47.4 Å². The van der Waals surface area contributed by atoms with Gasteiger partial charge in [0.25, 0.3) is 0 Å². The number of nitrogens with zero attached hydrogens (tertiary/aromatic N) is 4. The molecule has 7 heteroatoms. The Morgan fingerprint density at radius 2 is 2.33 bits per heavy atom. The summed E-state index contributed by atoms with van der Waals surface area (Å²) in [7, 11) is 0. The summed E-state index contributed by atoms with van der Waals surface area (Å²) in [6.45, 7) is -0.161. The van der Waals surface area contributed by atoms with Crippen LogP contribution in [0.25, 0.3) is 0 Å². The van der Waals surface area contributed by atoms with Crippen LogP contribution in [0.2, 0.25) is 0 Å². The summed E-state index contributed by atoms with van der Waals surface area (Å²) in [4.78, 5) is 10.7. The quantitative estimate of drug-likeness (QED) is 0.810. The normalized spacial score (nSPS) is 29.9. The van der Waals surface area contributed by atoms with Crippen LogP contribution in [0.3, 0.4) is 0 Å². The smallest absolute Gasteiger partial charge is 0.325 e. The zero-order chi connectivity index (χ0) is 12.5. The predicted molar refractivity (Wildman–Crippen MR) is 65.1 cm³/mol. The number of hydrogen-bond acceptors (Lipinski definition) is 5. The van der Waals surface area contributed by atoms with Crippen LogP contribution in [0.4, 0.5) is 0 Å². The second kappa shape index (κ2) is 4.87. The molecule has 1 heterocycles. The van der Waals surface area contributed by atoms with E-state index in [-0.39, 0.29) is 6.54 Å². The Labute approximate surface area is 109 Å². The van der Waals surface area contributed by atoms with Crippen molar-refractivity contribution in [3.05, 3.63) is 0 Å². The van der Waals surface area contributed by atoms with Crippen molar-refractivity contribution in [2.45, 2.75) is 37.4 Å². The van der Waals surface area contributed by atoms with Crippen molar-refractivity contribution < 1.29 is 9.90 Å². The van der Waals surface area contributed by atoms with Gasteiger partial charge in [-0.2, -0.15) is 0 Å². The minimum Gasteiger partial charge on any atom is -0.480 e. The first-order valence-electron chi connectivity index (χ1n) is 6.33. The van der Waals surface area contributed by atoms with Crippen LogP contribution in [0.1, 0.15) is 25.7 Å². The van der Waals surface area contributed by atoms with Gasteiger partial charge in [-0.3, -0.25) is 4.79 Å². The van der Waals surface area contributed by atoms with Crippen LogP contribution in [-0.4, -0.2) is 37.0 Å². The number of rotatable bonds is 5. The fourth-order valence-corrected chi connectivity index (χ4v) is 4.41. The van der Waals surface area contributed by atoms with Crippen molar-refractivity contribution in [2.75, 3.05) is 5.75 Å². The van der Waals surface area contributed by atoms with Crippen molar-refractivity contribution >= 4 is 17.7 Å². The first-order chi connectivity index (χ1) is 8.72. The van der Waals surface area contributed by atoms with E-state index in [0.29, 0.717) is 5.16 Å². The number of tetrazole rings is 1. The van der Waals surface area contributed by atoms with Crippen LogP contribution in [0.5, 0.6) is 0 Å². The van der Waals surface area contributed by atoms with Crippen molar-refractivity contribution in [2.24, 2.45) is 17.8 Å². The molecule has 0 saturated heterocycles. The van der Waals surface area contributed by atoms with Crippen molar-refractivity contribution in [1.29, 1.82) is 0 Å². The van der Waals surface area contributed by atoms with E-state index in [0.717, 1.165) is 23.5 Å². The van der Waals surface area contributed by atoms with E-state index in [2.05, 4.69) is 15.5 Å². The van der Waals surface area contributed by atoms with E-state index >= 15 is 0 Å². The summed E-state index contributed by atoms with van der Waals surface area (Å²) in [5.74, 6) is 2.69. The number of carboxylic acid groups (broad SMARTS) is 1. The molecule has 0 aromatic carbocycles. The summed E-state index contributed by atoms with van der Waals surface area (Å²) in [6.07, 6.45) is 5.50. The van der Waals surface area contributed by atoms with Gasteiger partial charge in [0.15, 0.2) is 0 Å². The topological polar surface area (TPSA) is 80.9 Å². The van der Waals surface area contributed by atoms with Crippen LogP contribution >= 0.6 is 11.8 Å². The number of carboxylic acids is 1. The van der Waals surface area contributed by atoms with Crippen molar-refractivity contribution in [3.63, 3.8) is 0 Å². The van der Waals surface area contributed by atoms with Gasteiger partial charge in [-0.1, -0.05) is 18.2 Å². The summed E-state index contributed by atoms with van der Waals surface area (Å²) in [5.41, 5.74) is 0. The molecule has 2 bridgehead atoms. The molecule has 2 fully saturated rings. The summed E-state index contributed by atoms with van der Waals surface area (Å²) in [6, 6.07) is 0. The second-order valence-corrected chi connectivity index (χ2v) is 6.25. The molecule has 3 unspecified atom stereocenters.